The molecule has 0 saturated carbocycles. The lowest BCUT2D eigenvalue weighted by Gasteiger charge is -2.32. The Morgan fingerprint density at radius 3 is 2.76 bits per heavy atom. The van der Waals surface area contributed by atoms with Gasteiger partial charge in [-0.15, -0.1) is 0 Å². The third kappa shape index (κ3) is 7.26. The zero-order valence-corrected chi connectivity index (χ0v) is 22.3. The number of amidine groups is 2. The number of rotatable bonds is 10. The molecule has 2 aromatic carbocycles. The van der Waals surface area contributed by atoms with Crippen LogP contribution in [0.25, 0.3) is 6.08 Å². The summed E-state index contributed by atoms with van der Waals surface area (Å²) in [5, 5.41) is 17.1. The van der Waals surface area contributed by atoms with Gasteiger partial charge in [-0.05, 0) is 29.8 Å². The van der Waals surface area contributed by atoms with Crippen molar-refractivity contribution in [2.24, 2.45) is 10.7 Å². The average Bonchev–Trinajstić information content (AvgIpc) is 3.43. The summed E-state index contributed by atoms with van der Waals surface area (Å²) in [6, 6.07) is 12.9. The number of nitrogen functional groups attached to an aromatic ring is 1. The third-order valence-corrected chi connectivity index (χ3v) is 7.69. The molecule has 1 saturated heterocycles. The maximum absolute atomic E-state index is 12.9. The number of carboxylic acids is 1. The van der Waals surface area contributed by atoms with Gasteiger partial charge in [0, 0.05) is 31.5 Å². The zero-order valence-electron chi connectivity index (χ0n) is 20.7. The molecule has 4 rings (SSSR count). The second-order valence-corrected chi connectivity index (χ2v) is 10.6. The molecule has 2 aliphatic heterocycles. The molecule has 1 fully saturated rings. The van der Waals surface area contributed by atoms with Crippen LogP contribution in [-0.4, -0.2) is 76.7 Å². The molecule has 202 valence electrons. The highest BCUT2D eigenvalue weighted by Gasteiger charge is 2.26. The standard InChI is InChI=1S/C26H30ClN5O5S/c27-22-16-20(6-7-23(22)37-21-8-12-31(13-9-21)26-30-10-14-36-26)32(38(35)17-24(33)34)11-2-4-18-3-1-5-19(15-18)25(28)29/h1-7,15-16,21H,8-14,17H2,(H3,28,29)(H,33,34)/b4-2+. The van der Waals surface area contributed by atoms with Gasteiger partial charge in [0.15, 0.2) is 0 Å². The Bertz CT molecular complexity index is 1260. The monoisotopic (exact) mass is 559 g/mol. The van der Waals surface area contributed by atoms with Crippen molar-refractivity contribution in [3.05, 3.63) is 64.7 Å². The number of benzene rings is 2. The van der Waals surface area contributed by atoms with Gasteiger partial charge in [0.05, 0.1) is 23.8 Å². The van der Waals surface area contributed by atoms with Crippen LogP contribution in [0.3, 0.4) is 0 Å². The molecule has 4 N–H and O–H groups in total. The molecule has 0 amide bonds. The van der Waals surface area contributed by atoms with E-state index in [2.05, 4.69) is 9.89 Å². The van der Waals surface area contributed by atoms with E-state index in [4.69, 9.17) is 32.2 Å². The molecule has 38 heavy (non-hydrogen) atoms. The topological polar surface area (TPSA) is 142 Å². The van der Waals surface area contributed by atoms with Crippen molar-refractivity contribution in [2.45, 2.75) is 18.9 Å². The minimum atomic E-state index is -1.83. The predicted octanol–water partition coefficient (Wildman–Crippen LogP) is 3.12. The van der Waals surface area contributed by atoms with Gasteiger partial charge in [0.25, 0.3) is 6.02 Å². The van der Waals surface area contributed by atoms with Crippen LogP contribution in [0.4, 0.5) is 5.69 Å². The third-order valence-electron chi connectivity index (χ3n) is 6.05. The van der Waals surface area contributed by atoms with E-state index in [1.807, 2.05) is 6.07 Å². The number of carbonyl (C=O) groups is 1. The van der Waals surface area contributed by atoms with Gasteiger partial charge in [0.2, 0.25) is 0 Å². The van der Waals surface area contributed by atoms with Gasteiger partial charge in [-0.3, -0.25) is 14.5 Å². The molecule has 2 heterocycles. The minimum Gasteiger partial charge on any atom is -0.489 e. The molecule has 12 heteroatoms. The van der Waals surface area contributed by atoms with E-state index < -0.39 is 22.7 Å². The van der Waals surface area contributed by atoms with Crippen molar-refractivity contribution in [2.75, 3.05) is 42.8 Å². The van der Waals surface area contributed by atoms with E-state index >= 15 is 0 Å². The van der Waals surface area contributed by atoms with Crippen molar-refractivity contribution in [3.8, 4) is 5.75 Å². The molecule has 0 spiro atoms. The van der Waals surface area contributed by atoms with Crippen molar-refractivity contribution in [3.63, 3.8) is 0 Å². The van der Waals surface area contributed by atoms with Crippen LogP contribution >= 0.6 is 11.6 Å². The lowest BCUT2D eigenvalue weighted by Crippen LogP contribution is -2.42. The van der Waals surface area contributed by atoms with Gasteiger partial charge in [-0.1, -0.05) is 42.0 Å². The zero-order chi connectivity index (χ0) is 27.1. The van der Waals surface area contributed by atoms with Crippen LogP contribution in [0.5, 0.6) is 5.75 Å². The number of ether oxygens (including phenoxy) is 2. The maximum atomic E-state index is 12.9. The molecule has 0 bridgehead atoms. The van der Waals surface area contributed by atoms with E-state index in [9.17, 15) is 14.1 Å². The first kappa shape index (κ1) is 27.5. The molecule has 0 aromatic heterocycles. The van der Waals surface area contributed by atoms with Crippen molar-refractivity contribution in [1.82, 2.24) is 4.90 Å². The Balaban J connectivity index is 1.43. The van der Waals surface area contributed by atoms with E-state index in [-0.39, 0.29) is 18.5 Å². The number of carboxylic acid groups (broad SMARTS) is 1. The summed E-state index contributed by atoms with van der Waals surface area (Å²) in [5.41, 5.74) is 7.47. The molecule has 1 unspecified atom stereocenters. The Morgan fingerprint density at radius 2 is 2.11 bits per heavy atom. The summed E-state index contributed by atoms with van der Waals surface area (Å²) < 4.78 is 26.0. The van der Waals surface area contributed by atoms with Gasteiger partial charge in [0.1, 0.15) is 41.0 Å². The quantitative estimate of drug-likeness (QED) is 0.300. The van der Waals surface area contributed by atoms with Crippen molar-refractivity contribution < 1.29 is 23.6 Å². The summed E-state index contributed by atoms with van der Waals surface area (Å²) in [6.07, 6.45) is 5.15. The number of nitrogens with zero attached hydrogens (tertiary/aromatic N) is 3. The van der Waals surface area contributed by atoms with Crippen molar-refractivity contribution >= 4 is 52.2 Å². The van der Waals surface area contributed by atoms with E-state index in [0.29, 0.717) is 41.2 Å². The number of nitrogens with two attached hydrogens (primary N) is 1. The van der Waals surface area contributed by atoms with Crippen LogP contribution in [0.1, 0.15) is 24.0 Å². The molecule has 2 aromatic rings. The van der Waals surface area contributed by atoms with Crippen molar-refractivity contribution in [1.29, 1.82) is 5.41 Å². The fraction of sp³-hybridized carbons (Fsp3) is 0.346. The van der Waals surface area contributed by atoms with Crippen LogP contribution in [0.15, 0.2) is 53.5 Å². The predicted molar refractivity (Wildman–Crippen MR) is 149 cm³/mol. The second kappa shape index (κ2) is 12.8. The number of likely N-dealkylation sites (tertiary alicyclic amines) is 1. The summed E-state index contributed by atoms with van der Waals surface area (Å²) >= 11 is 6.55. The number of hydrogen-bond acceptors (Lipinski definition) is 7. The Morgan fingerprint density at radius 1 is 1.32 bits per heavy atom. The highest BCUT2D eigenvalue weighted by atomic mass is 35.5. The highest BCUT2D eigenvalue weighted by molar-refractivity contribution is 7.87. The first-order chi connectivity index (χ1) is 18.3. The number of halogens is 1. The molecule has 10 nitrogen and oxygen atoms in total. The number of hydrogen-bond donors (Lipinski definition) is 3. The molecule has 0 aliphatic carbocycles. The number of anilines is 1. The lowest BCUT2D eigenvalue weighted by molar-refractivity contribution is -0.133. The minimum absolute atomic E-state index is 0.0115. The molecular weight excluding hydrogens is 530 g/mol. The normalized spacial score (nSPS) is 16.7. The van der Waals surface area contributed by atoms with Crippen LogP contribution in [-0.2, 0) is 20.5 Å². The van der Waals surface area contributed by atoms with E-state index in [1.54, 1.807) is 48.6 Å². The van der Waals surface area contributed by atoms with E-state index in [1.165, 1.54) is 4.31 Å². The summed E-state index contributed by atoms with van der Waals surface area (Å²) in [7, 11) is -1.83. The second-order valence-electron chi connectivity index (χ2n) is 8.79. The smallest absolute Gasteiger partial charge is 0.318 e. The summed E-state index contributed by atoms with van der Waals surface area (Å²) in [5.74, 6) is -1.23. The Kier molecular flexibility index (Phi) is 9.24. The molecular formula is C26H30ClN5O5S. The molecule has 0 radical (unpaired) electrons. The van der Waals surface area contributed by atoms with Crippen LogP contribution in [0.2, 0.25) is 5.02 Å². The fourth-order valence-electron chi connectivity index (χ4n) is 4.18. The fourth-order valence-corrected chi connectivity index (χ4v) is 5.37. The largest absolute Gasteiger partial charge is 0.489 e. The number of aliphatic carboxylic acids is 1. The van der Waals surface area contributed by atoms with Crippen LogP contribution < -0.4 is 14.8 Å². The van der Waals surface area contributed by atoms with E-state index in [0.717, 1.165) is 31.5 Å². The SMILES string of the molecule is N=C(N)c1cccc(/C=C/CN(c2ccc(OC3CCN(C4=NCCO4)CC3)c(Cl)c2)S(=O)CC(=O)O)c1. The van der Waals surface area contributed by atoms with Gasteiger partial charge in [-0.25, -0.2) is 9.20 Å². The Labute approximate surface area is 228 Å². The highest BCUT2D eigenvalue weighted by Crippen LogP contribution is 2.32. The number of aliphatic imine (C=N–C) groups is 1. The Hall–Kier alpha value is -3.57. The number of piperidine rings is 1. The lowest BCUT2D eigenvalue weighted by atomic mass is 10.1. The van der Waals surface area contributed by atoms with Gasteiger partial charge in [-0.2, -0.15) is 0 Å². The van der Waals surface area contributed by atoms with Gasteiger partial charge < -0.3 is 25.2 Å². The van der Waals surface area contributed by atoms with Gasteiger partial charge >= 0.3 is 5.97 Å². The average molecular weight is 560 g/mol. The summed E-state index contributed by atoms with van der Waals surface area (Å²) in [4.78, 5) is 17.7. The maximum Gasteiger partial charge on any atom is 0.318 e. The van der Waals surface area contributed by atoms with Crippen LogP contribution in [0, 0.1) is 5.41 Å². The molecule has 1 atom stereocenters. The first-order valence-corrected chi connectivity index (χ1v) is 13.8. The first-order valence-electron chi connectivity index (χ1n) is 12.2. The number of nitrogens with one attached hydrogen (secondary N) is 1. The summed E-state index contributed by atoms with van der Waals surface area (Å²) in [6.45, 7) is 3.06. The molecule has 2 aliphatic rings.